The van der Waals surface area contributed by atoms with Crippen molar-refractivity contribution < 1.29 is 27.1 Å². The van der Waals surface area contributed by atoms with Crippen LogP contribution in [0.5, 0.6) is 5.75 Å². The van der Waals surface area contributed by atoms with Gasteiger partial charge in [0.2, 0.25) is 5.95 Å². The van der Waals surface area contributed by atoms with Gasteiger partial charge in [-0.1, -0.05) is 30.3 Å². The molecule has 0 bridgehead atoms. The van der Waals surface area contributed by atoms with Crippen molar-refractivity contribution in [1.29, 1.82) is 0 Å². The van der Waals surface area contributed by atoms with Gasteiger partial charge in [-0.15, -0.1) is 0 Å². The van der Waals surface area contributed by atoms with Gasteiger partial charge in [-0.25, -0.2) is 18.4 Å². The number of aromatic nitrogens is 4. The Kier molecular flexibility index (Phi) is 5.57. The van der Waals surface area contributed by atoms with E-state index in [4.69, 9.17) is 0 Å². The Balaban J connectivity index is 1.61. The number of phenolic OH excluding ortho intramolecular Hbond substituents is 1. The number of phenols is 1. The van der Waals surface area contributed by atoms with Gasteiger partial charge in [0.15, 0.2) is 23.0 Å². The molecule has 0 spiro atoms. The fraction of sp³-hybridized carbons (Fsp3) is 0.292. The van der Waals surface area contributed by atoms with Gasteiger partial charge in [0.05, 0.1) is 10.9 Å². The van der Waals surface area contributed by atoms with Crippen LogP contribution in [0.4, 0.5) is 27.9 Å². The van der Waals surface area contributed by atoms with Gasteiger partial charge >= 0.3 is 6.18 Å². The minimum atomic E-state index is -5.14. The number of aromatic hydroxyl groups is 1. The number of hydrogen-bond donors (Lipinski definition) is 1. The van der Waals surface area contributed by atoms with E-state index in [0.717, 1.165) is 24.8 Å². The van der Waals surface area contributed by atoms with E-state index in [-0.39, 0.29) is 22.8 Å². The lowest BCUT2D eigenvalue weighted by Gasteiger charge is -2.37. The first-order valence-electron chi connectivity index (χ1n) is 10.9. The molecule has 0 unspecified atom stereocenters. The van der Waals surface area contributed by atoms with Gasteiger partial charge in [-0.3, -0.25) is 0 Å². The Bertz CT molecular complexity index is 1400. The fourth-order valence-electron chi connectivity index (χ4n) is 4.21. The molecule has 1 N–H and O–H groups in total. The number of alkyl halides is 3. The first-order chi connectivity index (χ1) is 16.6. The Hall–Kier alpha value is -3.76. The predicted octanol–water partition coefficient (Wildman–Crippen LogP) is 5.59. The molecule has 6 nitrogen and oxygen atoms in total. The summed E-state index contributed by atoms with van der Waals surface area (Å²) < 4.78 is 69.8. The lowest BCUT2D eigenvalue weighted by molar-refractivity contribution is -0.140. The molecule has 2 aromatic heterocycles. The molecule has 11 heteroatoms. The van der Waals surface area contributed by atoms with E-state index in [0.29, 0.717) is 18.6 Å². The normalized spacial score (nSPS) is 14.3. The zero-order valence-electron chi connectivity index (χ0n) is 18.5. The van der Waals surface area contributed by atoms with Crippen LogP contribution in [0.2, 0.25) is 0 Å². The lowest BCUT2D eigenvalue weighted by atomic mass is 9.91. The average Bonchev–Trinajstić information content (AvgIpc) is 3.11. The summed E-state index contributed by atoms with van der Waals surface area (Å²) >= 11 is 0. The third kappa shape index (κ3) is 4.04. The van der Waals surface area contributed by atoms with E-state index in [1.54, 1.807) is 0 Å². The SMILES string of the molecule is Cn1nc(-c2cc(C(F)(F)F)c(F)c(O)c2F)c2cnc(N(Cc3ccccc3)C3CCC3)nc21. The standard InChI is InChI=1S/C24H20F5N5O/c1-33-22-16(20(32-33)15-10-17(24(27,28)29)19(26)21(35)18(15)25)11-30-23(31-22)34(14-8-5-9-14)12-13-6-3-2-4-7-13/h2-4,6-7,10-11,14,35H,5,8-9,12H2,1H3. The van der Waals surface area contributed by atoms with Crippen LogP contribution in [0.3, 0.4) is 0 Å². The first kappa shape index (κ1) is 23.0. The van der Waals surface area contributed by atoms with Gasteiger partial charge < -0.3 is 10.0 Å². The number of aryl methyl sites for hydroxylation is 1. The van der Waals surface area contributed by atoms with Crippen LogP contribution >= 0.6 is 0 Å². The van der Waals surface area contributed by atoms with Gasteiger partial charge in [0.1, 0.15) is 5.69 Å². The molecule has 1 fully saturated rings. The van der Waals surface area contributed by atoms with Crippen molar-refractivity contribution in [2.75, 3.05) is 4.90 Å². The molecule has 0 saturated heterocycles. The summed E-state index contributed by atoms with van der Waals surface area (Å²) in [7, 11) is 1.51. The molecule has 0 radical (unpaired) electrons. The summed E-state index contributed by atoms with van der Waals surface area (Å²) in [5, 5.41) is 14.0. The van der Waals surface area contributed by atoms with E-state index < -0.39 is 34.7 Å². The molecule has 1 aliphatic rings. The van der Waals surface area contributed by atoms with Crippen LogP contribution in [0.15, 0.2) is 42.6 Å². The summed E-state index contributed by atoms with van der Waals surface area (Å²) in [4.78, 5) is 11.1. The summed E-state index contributed by atoms with van der Waals surface area (Å²) in [6.45, 7) is 0.567. The van der Waals surface area contributed by atoms with Gasteiger partial charge in [0.25, 0.3) is 0 Å². The summed E-state index contributed by atoms with van der Waals surface area (Å²) in [6.07, 6.45) is -0.734. The Morgan fingerprint density at radius 1 is 1.11 bits per heavy atom. The smallest absolute Gasteiger partial charge is 0.419 e. The summed E-state index contributed by atoms with van der Waals surface area (Å²) in [5.74, 6) is -4.92. The van der Waals surface area contributed by atoms with Crippen molar-refractivity contribution in [3.05, 3.63) is 65.4 Å². The molecule has 182 valence electrons. The van der Waals surface area contributed by atoms with E-state index >= 15 is 0 Å². The maximum absolute atomic E-state index is 14.7. The predicted molar refractivity (Wildman–Crippen MR) is 119 cm³/mol. The highest BCUT2D eigenvalue weighted by molar-refractivity contribution is 5.91. The zero-order valence-corrected chi connectivity index (χ0v) is 18.5. The van der Waals surface area contributed by atoms with Gasteiger partial charge in [-0.2, -0.15) is 23.3 Å². The van der Waals surface area contributed by atoms with E-state index in [1.807, 2.05) is 30.3 Å². The van der Waals surface area contributed by atoms with Crippen molar-refractivity contribution in [1.82, 2.24) is 19.7 Å². The van der Waals surface area contributed by atoms with Crippen molar-refractivity contribution in [2.45, 2.75) is 38.0 Å². The summed E-state index contributed by atoms with van der Waals surface area (Å²) in [5.41, 5.74) is -1.39. The molecule has 5 rings (SSSR count). The van der Waals surface area contributed by atoms with E-state index in [1.165, 1.54) is 17.9 Å². The topological polar surface area (TPSA) is 67.1 Å². The number of hydrogen-bond acceptors (Lipinski definition) is 5. The molecule has 0 atom stereocenters. The molecule has 4 aromatic rings. The number of fused-ring (bicyclic) bond motifs is 1. The third-order valence-corrected chi connectivity index (χ3v) is 6.27. The van der Waals surface area contributed by atoms with Crippen molar-refractivity contribution in [3.8, 4) is 17.0 Å². The minimum absolute atomic E-state index is 0.169. The molecular formula is C24H20F5N5O. The average molecular weight is 489 g/mol. The van der Waals surface area contributed by atoms with Crippen LogP contribution in [-0.2, 0) is 19.8 Å². The van der Waals surface area contributed by atoms with Crippen LogP contribution < -0.4 is 4.90 Å². The Morgan fingerprint density at radius 3 is 2.46 bits per heavy atom. The first-order valence-corrected chi connectivity index (χ1v) is 10.9. The quantitative estimate of drug-likeness (QED) is 0.370. The van der Waals surface area contributed by atoms with Crippen molar-refractivity contribution in [3.63, 3.8) is 0 Å². The van der Waals surface area contributed by atoms with Crippen LogP contribution in [0.1, 0.15) is 30.4 Å². The van der Waals surface area contributed by atoms with Crippen molar-refractivity contribution >= 4 is 17.0 Å². The second kappa shape index (κ2) is 8.47. The second-order valence-corrected chi connectivity index (χ2v) is 8.52. The van der Waals surface area contributed by atoms with Crippen LogP contribution in [-0.4, -0.2) is 30.9 Å². The molecule has 0 aliphatic heterocycles. The third-order valence-electron chi connectivity index (χ3n) is 6.27. The number of halogens is 5. The van der Waals surface area contributed by atoms with Crippen LogP contribution in [0, 0.1) is 11.6 Å². The van der Waals surface area contributed by atoms with Gasteiger partial charge in [0, 0.05) is 31.4 Å². The lowest BCUT2D eigenvalue weighted by Crippen LogP contribution is -2.40. The summed E-state index contributed by atoms with van der Waals surface area (Å²) in [6, 6.07) is 10.3. The molecule has 1 aliphatic carbocycles. The maximum atomic E-state index is 14.7. The zero-order chi connectivity index (χ0) is 24.9. The molecule has 1 saturated carbocycles. The number of benzene rings is 2. The molecular weight excluding hydrogens is 469 g/mol. The van der Waals surface area contributed by atoms with Crippen molar-refractivity contribution in [2.24, 2.45) is 7.05 Å². The maximum Gasteiger partial charge on any atom is 0.419 e. The number of anilines is 1. The number of rotatable bonds is 5. The fourth-order valence-corrected chi connectivity index (χ4v) is 4.21. The highest BCUT2D eigenvalue weighted by Crippen LogP contribution is 2.41. The number of nitrogens with zero attached hydrogens (tertiary/aromatic N) is 5. The molecule has 35 heavy (non-hydrogen) atoms. The molecule has 2 aromatic carbocycles. The molecule has 2 heterocycles. The van der Waals surface area contributed by atoms with Crippen LogP contribution in [0.25, 0.3) is 22.3 Å². The van der Waals surface area contributed by atoms with Gasteiger partial charge in [-0.05, 0) is 30.9 Å². The molecule has 0 amide bonds. The second-order valence-electron chi connectivity index (χ2n) is 8.52. The largest absolute Gasteiger partial charge is 0.503 e. The Morgan fingerprint density at radius 2 is 1.83 bits per heavy atom. The highest BCUT2D eigenvalue weighted by Gasteiger charge is 2.38. The monoisotopic (exact) mass is 489 g/mol. The highest BCUT2D eigenvalue weighted by atomic mass is 19.4. The Labute approximate surface area is 196 Å². The van der Waals surface area contributed by atoms with E-state index in [9.17, 15) is 27.1 Å². The van der Waals surface area contributed by atoms with E-state index in [2.05, 4.69) is 20.0 Å². The minimum Gasteiger partial charge on any atom is -0.503 e.